The molecule has 1 saturated heterocycles. The van der Waals surface area contributed by atoms with E-state index in [1.807, 2.05) is 12.1 Å². The zero-order valence-corrected chi connectivity index (χ0v) is 9.53. The molecule has 0 aromatic heterocycles. The minimum atomic E-state index is -0.353. The summed E-state index contributed by atoms with van der Waals surface area (Å²) < 4.78 is 5.35. The summed E-state index contributed by atoms with van der Waals surface area (Å²) in [5.74, 6) is 0.154. The fourth-order valence-electron chi connectivity index (χ4n) is 2.24. The Morgan fingerprint density at radius 2 is 2.06 bits per heavy atom. The summed E-state index contributed by atoms with van der Waals surface area (Å²) in [4.78, 5) is 11.1. The third kappa shape index (κ3) is 2.25. The van der Waals surface area contributed by atoms with Crippen molar-refractivity contribution in [2.45, 2.75) is 25.7 Å². The molecule has 0 saturated carbocycles. The first-order valence-electron chi connectivity index (χ1n) is 5.66. The third-order valence-electron chi connectivity index (χ3n) is 3.22. The first-order chi connectivity index (χ1) is 7.68. The molecule has 1 aliphatic heterocycles. The van der Waals surface area contributed by atoms with Crippen molar-refractivity contribution >= 4 is 5.91 Å². The molecule has 3 nitrogen and oxygen atoms in total. The number of benzene rings is 1. The Hall–Kier alpha value is -1.35. The molecule has 1 fully saturated rings. The molecular weight excluding hydrogens is 202 g/mol. The molecule has 0 unspecified atom stereocenters. The van der Waals surface area contributed by atoms with Crippen LogP contribution in [0.3, 0.4) is 0 Å². The van der Waals surface area contributed by atoms with Crippen molar-refractivity contribution in [1.82, 2.24) is 0 Å². The van der Waals surface area contributed by atoms with E-state index in [0.29, 0.717) is 11.5 Å². The van der Waals surface area contributed by atoms with Crippen molar-refractivity contribution in [3.63, 3.8) is 0 Å². The molecule has 0 aliphatic carbocycles. The molecule has 0 atom stereocenters. The van der Waals surface area contributed by atoms with Gasteiger partial charge in [0.1, 0.15) is 0 Å². The smallest absolute Gasteiger partial charge is 0.248 e. The van der Waals surface area contributed by atoms with Crippen LogP contribution in [-0.2, 0) is 4.74 Å². The summed E-state index contributed by atoms with van der Waals surface area (Å²) in [7, 11) is 0. The zero-order valence-electron chi connectivity index (χ0n) is 9.53. The molecule has 2 rings (SSSR count). The van der Waals surface area contributed by atoms with Crippen LogP contribution in [0.1, 0.15) is 40.2 Å². The van der Waals surface area contributed by atoms with E-state index in [1.165, 1.54) is 11.1 Å². The van der Waals surface area contributed by atoms with E-state index in [-0.39, 0.29) is 5.91 Å². The summed E-state index contributed by atoms with van der Waals surface area (Å²) in [5, 5.41) is 0. The van der Waals surface area contributed by atoms with Gasteiger partial charge in [-0.05, 0) is 48.9 Å². The standard InChI is InChI=1S/C13H17NO2/c1-9-2-3-11(13(14)15)8-12(9)10-4-6-16-7-5-10/h2-3,8,10H,4-7H2,1H3,(H2,14,15). The molecule has 3 heteroatoms. The number of nitrogens with two attached hydrogens (primary N) is 1. The molecule has 1 amide bonds. The van der Waals surface area contributed by atoms with Gasteiger partial charge in [0.15, 0.2) is 0 Å². The summed E-state index contributed by atoms with van der Waals surface area (Å²) in [6, 6.07) is 5.71. The van der Waals surface area contributed by atoms with E-state index in [4.69, 9.17) is 10.5 Å². The maximum atomic E-state index is 11.1. The number of hydrogen-bond donors (Lipinski definition) is 1. The van der Waals surface area contributed by atoms with Crippen LogP contribution in [0, 0.1) is 6.92 Å². The Bertz CT molecular complexity index is 395. The van der Waals surface area contributed by atoms with Gasteiger partial charge in [0.25, 0.3) is 0 Å². The third-order valence-corrected chi connectivity index (χ3v) is 3.22. The summed E-state index contributed by atoms with van der Waals surface area (Å²) in [6.45, 7) is 3.70. The topological polar surface area (TPSA) is 52.3 Å². The number of rotatable bonds is 2. The molecular formula is C13H17NO2. The van der Waals surface area contributed by atoms with Crippen molar-refractivity contribution in [3.8, 4) is 0 Å². The van der Waals surface area contributed by atoms with Gasteiger partial charge in [-0.25, -0.2) is 0 Å². The van der Waals surface area contributed by atoms with Crippen LogP contribution in [0.15, 0.2) is 18.2 Å². The van der Waals surface area contributed by atoms with Gasteiger partial charge in [0, 0.05) is 18.8 Å². The predicted octanol–water partition coefficient (Wildman–Crippen LogP) is 1.99. The summed E-state index contributed by atoms with van der Waals surface area (Å²) in [6.07, 6.45) is 2.06. The predicted molar refractivity (Wildman–Crippen MR) is 62.5 cm³/mol. The highest BCUT2D eigenvalue weighted by atomic mass is 16.5. The van der Waals surface area contributed by atoms with E-state index in [9.17, 15) is 4.79 Å². The van der Waals surface area contributed by atoms with Gasteiger partial charge in [-0.15, -0.1) is 0 Å². The monoisotopic (exact) mass is 219 g/mol. The number of hydrogen-bond acceptors (Lipinski definition) is 2. The largest absolute Gasteiger partial charge is 0.381 e. The quantitative estimate of drug-likeness (QED) is 0.827. The van der Waals surface area contributed by atoms with Crippen LogP contribution in [0.4, 0.5) is 0 Å². The lowest BCUT2D eigenvalue weighted by Crippen LogP contribution is -2.17. The van der Waals surface area contributed by atoms with E-state index in [2.05, 4.69) is 6.92 Å². The van der Waals surface area contributed by atoms with Gasteiger partial charge in [0.2, 0.25) is 5.91 Å². The summed E-state index contributed by atoms with van der Waals surface area (Å²) in [5.41, 5.74) is 8.39. The number of carbonyl (C=O) groups excluding carboxylic acids is 1. The Morgan fingerprint density at radius 3 is 2.69 bits per heavy atom. The average molecular weight is 219 g/mol. The fraction of sp³-hybridized carbons (Fsp3) is 0.462. The van der Waals surface area contributed by atoms with Crippen LogP contribution < -0.4 is 5.73 Å². The lowest BCUT2D eigenvalue weighted by Gasteiger charge is -2.24. The van der Waals surface area contributed by atoms with E-state index >= 15 is 0 Å². The number of carbonyl (C=O) groups is 1. The molecule has 86 valence electrons. The second-order valence-corrected chi connectivity index (χ2v) is 4.32. The van der Waals surface area contributed by atoms with Crippen LogP contribution in [0.2, 0.25) is 0 Å². The van der Waals surface area contributed by atoms with Crippen LogP contribution in [-0.4, -0.2) is 19.1 Å². The Labute approximate surface area is 95.6 Å². The number of primary amides is 1. The minimum Gasteiger partial charge on any atom is -0.381 e. The van der Waals surface area contributed by atoms with Crippen molar-refractivity contribution in [2.24, 2.45) is 5.73 Å². The molecule has 0 bridgehead atoms. The van der Waals surface area contributed by atoms with Crippen molar-refractivity contribution in [3.05, 3.63) is 34.9 Å². The second-order valence-electron chi connectivity index (χ2n) is 4.32. The van der Waals surface area contributed by atoms with Gasteiger partial charge >= 0.3 is 0 Å². The van der Waals surface area contributed by atoms with Gasteiger partial charge in [-0.3, -0.25) is 4.79 Å². The Morgan fingerprint density at radius 1 is 1.38 bits per heavy atom. The summed E-state index contributed by atoms with van der Waals surface area (Å²) >= 11 is 0. The van der Waals surface area contributed by atoms with Crippen LogP contribution >= 0.6 is 0 Å². The van der Waals surface area contributed by atoms with Crippen molar-refractivity contribution in [1.29, 1.82) is 0 Å². The number of amides is 1. The lowest BCUT2D eigenvalue weighted by atomic mass is 9.87. The molecule has 16 heavy (non-hydrogen) atoms. The highest BCUT2D eigenvalue weighted by molar-refractivity contribution is 5.93. The molecule has 1 heterocycles. The highest BCUT2D eigenvalue weighted by Gasteiger charge is 2.18. The maximum Gasteiger partial charge on any atom is 0.248 e. The van der Waals surface area contributed by atoms with Crippen LogP contribution in [0.25, 0.3) is 0 Å². The first kappa shape index (κ1) is 11.1. The second kappa shape index (κ2) is 4.66. The molecule has 0 radical (unpaired) electrons. The van der Waals surface area contributed by atoms with Gasteiger partial charge in [-0.2, -0.15) is 0 Å². The van der Waals surface area contributed by atoms with E-state index in [1.54, 1.807) is 6.07 Å². The SMILES string of the molecule is Cc1ccc(C(N)=O)cc1C1CCOCC1. The Balaban J connectivity index is 2.30. The molecule has 2 N–H and O–H groups in total. The normalized spacial score (nSPS) is 17.3. The minimum absolute atomic E-state index is 0.353. The molecule has 0 spiro atoms. The van der Waals surface area contributed by atoms with Gasteiger partial charge < -0.3 is 10.5 Å². The average Bonchev–Trinajstić information content (AvgIpc) is 2.30. The molecule has 1 aromatic carbocycles. The molecule has 1 aliphatic rings. The van der Waals surface area contributed by atoms with Gasteiger partial charge in [0.05, 0.1) is 0 Å². The Kier molecular flexibility index (Phi) is 3.25. The molecule has 1 aromatic rings. The number of aryl methyl sites for hydroxylation is 1. The number of ether oxygens (including phenoxy) is 1. The van der Waals surface area contributed by atoms with Crippen molar-refractivity contribution in [2.75, 3.05) is 13.2 Å². The fourth-order valence-corrected chi connectivity index (χ4v) is 2.24. The lowest BCUT2D eigenvalue weighted by molar-refractivity contribution is 0.0852. The van der Waals surface area contributed by atoms with E-state index in [0.717, 1.165) is 26.1 Å². The van der Waals surface area contributed by atoms with E-state index < -0.39 is 0 Å². The zero-order chi connectivity index (χ0) is 11.5. The first-order valence-corrected chi connectivity index (χ1v) is 5.66. The van der Waals surface area contributed by atoms with Gasteiger partial charge in [-0.1, -0.05) is 6.07 Å². The maximum absolute atomic E-state index is 11.1. The highest BCUT2D eigenvalue weighted by Crippen LogP contribution is 2.29. The van der Waals surface area contributed by atoms with Crippen molar-refractivity contribution < 1.29 is 9.53 Å². The van der Waals surface area contributed by atoms with Crippen LogP contribution in [0.5, 0.6) is 0 Å².